The lowest BCUT2D eigenvalue weighted by atomic mass is 10.0. The van der Waals surface area contributed by atoms with Crippen molar-refractivity contribution in [1.82, 2.24) is 5.32 Å². The maximum absolute atomic E-state index is 14.0. The molecule has 2 unspecified atom stereocenters. The normalized spacial score (nSPS) is 27.2. The van der Waals surface area contributed by atoms with Crippen LogP contribution in [0.3, 0.4) is 0 Å². The van der Waals surface area contributed by atoms with E-state index in [4.69, 9.17) is 0 Å². The monoisotopic (exact) mass is 329 g/mol. The Bertz CT molecular complexity index is 458. The number of nitrogens with zero attached hydrogens (tertiary/aromatic N) is 1. The third-order valence-corrected chi connectivity index (χ3v) is 5.95. The van der Waals surface area contributed by atoms with Crippen molar-refractivity contribution in [3.05, 3.63) is 0 Å². The summed E-state index contributed by atoms with van der Waals surface area (Å²) in [5.41, 5.74) is -1.61. The van der Waals surface area contributed by atoms with Gasteiger partial charge in [0.25, 0.3) is 5.91 Å². The van der Waals surface area contributed by atoms with Gasteiger partial charge in [-0.15, -0.1) is 0 Å². The van der Waals surface area contributed by atoms with Crippen molar-refractivity contribution < 1.29 is 13.8 Å². The fraction of sp³-hybridized carbons (Fsp3) is 0.882. The average Bonchev–Trinajstić information content (AvgIpc) is 3.01. The first-order valence-electron chi connectivity index (χ1n) is 8.42. The van der Waals surface area contributed by atoms with Crippen LogP contribution in [-0.2, 0) is 4.79 Å². The summed E-state index contributed by atoms with van der Waals surface area (Å²) in [7, 11) is 0. The quantitative estimate of drug-likeness (QED) is 0.759. The summed E-state index contributed by atoms with van der Waals surface area (Å²) in [5, 5.41) is 3.44. The standard InChI is InChI=1S/C17H29FN2OS/c1-12(2)22-16(4,5)14(11-20-10-6-7-13(20)3)19-15(21)17(18)8-9-17/h11-14H,6-10H2,1-5H3/p+1. The Morgan fingerprint density at radius 3 is 2.55 bits per heavy atom. The minimum Gasteiger partial charge on any atom is -0.340 e. The van der Waals surface area contributed by atoms with E-state index in [0.29, 0.717) is 24.1 Å². The zero-order valence-electron chi connectivity index (χ0n) is 14.5. The third-order valence-electron chi connectivity index (χ3n) is 4.62. The van der Waals surface area contributed by atoms with E-state index in [1.165, 1.54) is 12.8 Å². The first-order valence-corrected chi connectivity index (χ1v) is 9.30. The van der Waals surface area contributed by atoms with Crippen LogP contribution in [0.5, 0.6) is 0 Å². The number of hydrogen-bond donors (Lipinski definition) is 1. The summed E-state index contributed by atoms with van der Waals surface area (Å²) in [5.74, 6) is -0.432. The summed E-state index contributed by atoms with van der Waals surface area (Å²) in [4.78, 5) is 12.2. The highest BCUT2D eigenvalue weighted by Crippen LogP contribution is 2.40. The molecule has 1 N–H and O–H groups in total. The maximum atomic E-state index is 14.0. The van der Waals surface area contributed by atoms with E-state index in [0.717, 1.165) is 6.54 Å². The van der Waals surface area contributed by atoms with Crippen molar-refractivity contribution in [3.8, 4) is 0 Å². The molecule has 3 nitrogen and oxygen atoms in total. The number of nitrogens with one attached hydrogen (secondary N) is 1. The molecule has 2 fully saturated rings. The lowest BCUT2D eigenvalue weighted by Gasteiger charge is -2.33. The van der Waals surface area contributed by atoms with Gasteiger partial charge in [0.2, 0.25) is 0 Å². The number of alkyl halides is 1. The fourth-order valence-corrected chi connectivity index (χ4v) is 4.53. The van der Waals surface area contributed by atoms with E-state index in [2.05, 4.69) is 50.7 Å². The van der Waals surface area contributed by atoms with Crippen LogP contribution in [-0.4, -0.2) is 51.0 Å². The largest absolute Gasteiger partial charge is 0.340 e. The molecule has 0 bridgehead atoms. The van der Waals surface area contributed by atoms with Crippen LogP contribution in [0.15, 0.2) is 0 Å². The van der Waals surface area contributed by atoms with E-state index in [9.17, 15) is 9.18 Å². The summed E-state index contributed by atoms with van der Waals surface area (Å²) < 4.78 is 16.2. The molecule has 1 saturated heterocycles. The van der Waals surface area contributed by atoms with Gasteiger partial charge in [0.05, 0.1) is 0 Å². The lowest BCUT2D eigenvalue weighted by molar-refractivity contribution is -0.537. The van der Waals surface area contributed by atoms with Crippen LogP contribution in [0, 0.1) is 0 Å². The Morgan fingerprint density at radius 2 is 2.09 bits per heavy atom. The predicted molar refractivity (Wildman–Crippen MR) is 91.7 cm³/mol. The highest BCUT2D eigenvalue weighted by molar-refractivity contribution is 8.01. The molecular weight excluding hydrogens is 299 g/mol. The zero-order valence-corrected chi connectivity index (χ0v) is 15.3. The lowest BCUT2D eigenvalue weighted by Crippen LogP contribution is -2.53. The molecule has 2 rings (SSSR count). The van der Waals surface area contributed by atoms with Crippen molar-refractivity contribution in [2.75, 3.05) is 6.54 Å². The molecule has 1 aliphatic carbocycles. The highest BCUT2D eigenvalue weighted by Gasteiger charge is 2.52. The zero-order chi connectivity index (χ0) is 16.5. The summed E-state index contributed by atoms with van der Waals surface area (Å²) in [6.07, 6.45) is 5.23. The highest BCUT2D eigenvalue weighted by atomic mass is 32.2. The Hall–Kier alpha value is -0.580. The molecule has 0 aromatic carbocycles. The topological polar surface area (TPSA) is 32.1 Å². The maximum Gasteiger partial charge on any atom is 0.258 e. The smallest absolute Gasteiger partial charge is 0.258 e. The van der Waals surface area contributed by atoms with Crippen molar-refractivity contribution in [2.45, 2.75) is 88.1 Å². The first-order chi connectivity index (χ1) is 10.1. The van der Waals surface area contributed by atoms with E-state index < -0.39 is 11.6 Å². The molecule has 2 atom stereocenters. The second-order valence-electron chi connectivity index (χ2n) is 7.56. The van der Waals surface area contributed by atoms with Gasteiger partial charge in [-0.3, -0.25) is 4.79 Å². The second-order valence-corrected chi connectivity index (χ2v) is 9.80. The average molecular weight is 330 g/mol. The Morgan fingerprint density at radius 1 is 1.45 bits per heavy atom. The first kappa shape index (κ1) is 17.8. The Kier molecular flexibility index (Phi) is 5.25. The minimum absolute atomic E-state index is 0.152. The van der Waals surface area contributed by atoms with Crippen LogP contribution in [0.2, 0.25) is 0 Å². The van der Waals surface area contributed by atoms with Gasteiger partial charge in [-0.05, 0) is 38.9 Å². The van der Waals surface area contributed by atoms with Crippen LogP contribution >= 0.6 is 11.8 Å². The Labute approximate surface area is 138 Å². The molecule has 0 spiro atoms. The number of amides is 1. The SMILES string of the molecule is CC(C)SC(C)(C)C(C=[N+]1CCCC1C)NC(=O)C1(F)CC1. The number of hydrogen-bond acceptors (Lipinski definition) is 2. The summed E-state index contributed by atoms with van der Waals surface area (Å²) in [6, 6.07) is 0.348. The van der Waals surface area contributed by atoms with E-state index in [-0.39, 0.29) is 10.8 Å². The van der Waals surface area contributed by atoms with Gasteiger partial charge in [-0.1, -0.05) is 13.8 Å². The molecule has 5 heteroatoms. The van der Waals surface area contributed by atoms with Crippen LogP contribution in [0.4, 0.5) is 4.39 Å². The van der Waals surface area contributed by atoms with Gasteiger partial charge in [0.15, 0.2) is 11.9 Å². The Balaban J connectivity index is 2.18. The molecule has 1 heterocycles. The van der Waals surface area contributed by atoms with Gasteiger partial charge in [0.1, 0.15) is 18.6 Å². The summed E-state index contributed by atoms with van der Waals surface area (Å²) in [6.45, 7) is 11.8. The van der Waals surface area contributed by atoms with E-state index >= 15 is 0 Å². The van der Waals surface area contributed by atoms with Gasteiger partial charge < -0.3 is 5.32 Å². The second kappa shape index (κ2) is 6.50. The number of carbonyl (C=O) groups excluding carboxylic acids is 1. The van der Waals surface area contributed by atoms with Crippen LogP contribution in [0.25, 0.3) is 0 Å². The van der Waals surface area contributed by atoms with Crippen molar-refractivity contribution in [2.24, 2.45) is 0 Å². The predicted octanol–water partition coefficient (Wildman–Crippen LogP) is 3.16. The third kappa shape index (κ3) is 4.24. The van der Waals surface area contributed by atoms with Crippen molar-refractivity contribution >= 4 is 23.9 Å². The number of rotatable bonds is 6. The molecule has 1 amide bonds. The molecule has 0 aromatic rings. The van der Waals surface area contributed by atoms with Crippen LogP contribution in [0.1, 0.15) is 60.3 Å². The van der Waals surface area contributed by atoms with Gasteiger partial charge in [-0.25, -0.2) is 8.97 Å². The van der Waals surface area contributed by atoms with Gasteiger partial charge in [0, 0.05) is 17.6 Å². The molecule has 0 aromatic heterocycles. The van der Waals surface area contributed by atoms with E-state index in [1.807, 2.05) is 11.8 Å². The van der Waals surface area contributed by atoms with Crippen LogP contribution < -0.4 is 5.32 Å². The number of halogens is 1. The van der Waals surface area contributed by atoms with Gasteiger partial charge in [-0.2, -0.15) is 11.8 Å². The minimum atomic E-state index is -1.61. The number of carbonyl (C=O) groups is 1. The molecule has 1 aliphatic heterocycles. The van der Waals surface area contributed by atoms with Gasteiger partial charge >= 0.3 is 0 Å². The molecule has 22 heavy (non-hydrogen) atoms. The van der Waals surface area contributed by atoms with Crippen molar-refractivity contribution in [3.63, 3.8) is 0 Å². The van der Waals surface area contributed by atoms with E-state index in [1.54, 1.807) is 0 Å². The fourth-order valence-electron chi connectivity index (χ4n) is 3.05. The number of thioether (sulfide) groups is 1. The molecule has 126 valence electrons. The molecule has 0 radical (unpaired) electrons. The molecule has 1 saturated carbocycles. The summed E-state index contributed by atoms with van der Waals surface area (Å²) >= 11 is 1.83. The molecule has 2 aliphatic rings. The molecular formula is C17H30FN2OS+. The van der Waals surface area contributed by atoms with Crippen molar-refractivity contribution in [1.29, 1.82) is 0 Å².